The molecular weight excluding hydrogens is 294 g/mol. The number of anilines is 1. The van der Waals surface area contributed by atoms with Crippen molar-refractivity contribution in [2.75, 3.05) is 5.32 Å². The summed E-state index contributed by atoms with van der Waals surface area (Å²) in [5.74, 6) is 0.227. The van der Waals surface area contributed by atoms with Crippen molar-refractivity contribution in [3.8, 4) is 5.75 Å². The van der Waals surface area contributed by atoms with Crippen molar-refractivity contribution in [2.45, 2.75) is 39.0 Å². The molecule has 98 valence electrons. The Labute approximate surface area is 116 Å². The maximum absolute atomic E-state index is 12.1. The third-order valence-corrected chi connectivity index (χ3v) is 4.05. The Balaban J connectivity index is 2.11. The fraction of sp³-hybridized carbons (Fsp3) is 0.500. The molecule has 2 N–H and O–H groups in total. The van der Waals surface area contributed by atoms with Crippen LogP contribution in [0.1, 0.15) is 37.7 Å². The van der Waals surface area contributed by atoms with Gasteiger partial charge in [0.25, 0.3) is 0 Å². The molecule has 1 fully saturated rings. The zero-order valence-corrected chi connectivity index (χ0v) is 12.1. The van der Waals surface area contributed by atoms with Crippen LogP contribution in [0.15, 0.2) is 16.6 Å². The van der Waals surface area contributed by atoms with Crippen molar-refractivity contribution in [2.24, 2.45) is 5.92 Å². The number of halogens is 1. The van der Waals surface area contributed by atoms with Gasteiger partial charge in [-0.3, -0.25) is 4.79 Å². The first-order valence-electron chi connectivity index (χ1n) is 6.38. The van der Waals surface area contributed by atoms with Crippen molar-refractivity contribution < 1.29 is 9.90 Å². The van der Waals surface area contributed by atoms with Gasteiger partial charge >= 0.3 is 0 Å². The molecule has 0 radical (unpaired) electrons. The largest absolute Gasteiger partial charge is 0.505 e. The molecule has 0 atom stereocenters. The molecule has 0 aliphatic heterocycles. The fourth-order valence-electron chi connectivity index (χ4n) is 2.43. The third kappa shape index (κ3) is 3.05. The number of carbonyl (C=O) groups excluding carboxylic acids is 1. The number of benzene rings is 1. The number of aryl methyl sites for hydroxylation is 1. The minimum absolute atomic E-state index is 0.0301. The van der Waals surface area contributed by atoms with Crippen LogP contribution in [0.4, 0.5) is 5.69 Å². The third-order valence-electron chi connectivity index (χ3n) is 3.44. The summed E-state index contributed by atoms with van der Waals surface area (Å²) in [4.78, 5) is 12.1. The number of hydrogen-bond donors (Lipinski definition) is 2. The van der Waals surface area contributed by atoms with Gasteiger partial charge in [-0.25, -0.2) is 0 Å². The van der Waals surface area contributed by atoms with Crippen LogP contribution in [-0.4, -0.2) is 11.0 Å². The lowest BCUT2D eigenvalue weighted by Gasteiger charge is -2.21. The molecule has 0 bridgehead atoms. The van der Waals surface area contributed by atoms with Gasteiger partial charge in [-0.1, -0.05) is 19.3 Å². The summed E-state index contributed by atoms with van der Waals surface area (Å²) in [7, 11) is 0. The van der Waals surface area contributed by atoms with Crippen LogP contribution < -0.4 is 5.32 Å². The molecule has 1 aromatic carbocycles. The predicted octanol–water partition coefficient (Wildman–Crippen LogP) is 3.98. The summed E-state index contributed by atoms with van der Waals surface area (Å²) in [6.07, 6.45) is 5.40. The number of aromatic hydroxyl groups is 1. The first-order valence-corrected chi connectivity index (χ1v) is 7.17. The molecule has 0 saturated heterocycles. The number of rotatable bonds is 2. The lowest BCUT2D eigenvalue weighted by atomic mass is 9.88. The molecule has 1 aliphatic rings. The smallest absolute Gasteiger partial charge is 0.227 e. The molecule has 18 heavy (non-hydrogen) atoms. The van der Waals surface area contributed by atoms with E-state index in [0.717, 1.165) is 31.2 Å². The minimum Gasteiger partial charge on any atom is -0.505 e. The fourth-order valence-corrected chi connectivity index (χ4v) is 3.00. The molecule has 4 heteroatoms. The SMILES string of the molecule is Cc1cc(Br)c(O)c(NC(=O)C2CCCCC2)c1. The van der Waals surface area contributed by atoms with Gasteiger partial charge in [-0.2, -0.15) is 0 Å². The molecular formula is C14H18BrNO2. The Morgan fingerprint density at radius 2 is 2.00 bits per heavy atom. The average molecular weight is 312 g/mol. The number of hydrogen-bond acceptors (Lipinski definition) is 2. The van der Waals surface area contributed by atoms with E-state index in [1.54, 1.807) is 6.07 Å². The number of carbonyl (C=O) groups is 1. The van der Waals surface area contributed by atoms with Crippen molar-refractivity contribution >= 4 is 27.5 Å². The van der Waals surface area contributed by atoms with Gasteiger partial charge in [0.1, 0.15) is 0 Å². The molecule has 3 nitrogen and oxygen atoms in total. The summed E-state index contributed by atoms with van der Waals surface area (Å²) in [5.41, 5.74) is 1.50. The van der Waals surface area contributed by atoms with Crippen LogP contribution in [-0.2, 0) is 4.79 Å². The first kappa shape index (κ1) is 13.4. The van der Waals surface area contributed by atoms with Crippen LogP contribution in [0.3, 0.4) is 0 Å². The molecule has 0 heterocycles. The van der Waals surface area contributed by atoms with E-state index in [-0.39, 0.29) is 17.6 Å². The van der Waals surface area contributed by atoms with Crippen molar-refractivity contribution in [1.29, 1.82) is 0 Å². The highest BCUT2D eigenvalue weighted by Crippen LogP contribution is 2.34. The number of nitrogens with one attached hydrogen (secondary N) is 1. The second-order valence-electron chi connectivity index (χ2n) is 4.97. The number of phenols is 1. The van der Waals surface area contributed by atoms with E-state index in [0.29, 0.717) is 10.2 Å². The highest BCUT2D eigenvalue weighted by molar-refractivity contribution is 9.10. The normalized spacial score (nSPS) is 16.6. The Kier molecular flexibility index (Phi) is 4.27. The second kappa shape index (κ2) is 5.74. The standard InChI is InChI=1S/C14H18BrNO2/c1-9-7-11(15)13(17)12(8-9)16-14(18)10-5-3-2-4-6-10/h7-8,10,17H,2-6H2,1H3,(H,16,18). The van der Waals surface area contributed by atoms with Crippen molar-refractivity contribution in [3.05, 3.63) is 22.2 Å². The van der Waals surface area contributed by atoms with Gasteiger partial charge < -0.3 is 10.4 Å². The lowest BCUT2D eigenvalue weighted by molar-refractivity contribution is -0.120. The average Bonchev–Trinajstić information content (AvgIpc) is 2.36. The van der Waals surface area contributed by atoms with Crippen LogP contribution in [0, 0.1) is 12.8 Å². The maximum Gasteiger partial charge on any atom is 0.227 e. The van der Waals surface area contributed by atoms with E-state index in [1.165, 1.54) is 6.42 Å². The van der Waals surface area contributed by atoms with E-state index < -0.39 is 0 Å². The molecule has 1 amide bonds. The van der Waals surface area contributed by atoms with Crippen molar-refractivity contribution in [1.82, 2.24) is 0 Å². The first-order chi connectivity index (χ1) is 8.58. The Hall–Kier alpha value is -1.03. The molecule has 1 saturated carbocycles. The highest BCUT2D eigenvalue weighted by Gasteiger charge is 2.22. The Bertz CT molecular complexity index is 453. The van der Waals surface area contributed by atoms with E-state index >= 15 is 0 Å². The lowest BCUT2D eigenvalue weighted by Crippen LogP contribution is -2.24. The van der Waals surface area contributed by atoms with Crippen LogP contribution >= 0.6 is 15.9 Å². The molecule has 0 unspecified atom stereocenters. The highest BCUT2D eigenvalue weighted by atomic mass is 79.9. The van der Waals surface area contributed by atoms with Crippen molar-refractivity contribution in [3.63, 3.8) is 0 Å². The topological polar surface area (TPSA) is 49.3 Å². The minimum atomic E-state index is 0.0301. The van der Waals surface area contributed by atoms with Gasteiger partial charge in [0.15, 0.2) is 5.75 Å². The summed E-state index contributed by atoms with van der Waals surface area (Å²) in [6, 6.07) is 3.62. The van der Waals surface area contributed by atoms with Crippen LogP contribution in [0.5, 0.6) is 5.75 Å². The van der Waals surface area contributed by atoms with Gasteiger partial charge in [-0.15, -0.1) is 0 Å². The van der Waals surface area contributed by atoms with Gasteiger partial charge in [0.2, 0.25) is 5.91 Å². The van der Waals surface area contributed by atoms with E-state index in [2.05, 4.69) is 21.2 Å². The van der Waals surface area contributed by atoms with Gasteiger partial charge in [-0.05, 0) is 53.4 Å². The zero-order valence-electron chi connectivity index (χ0n) is 10.5. The molecule has 1 aliphatic carbocycles. The molecule has 2 rings (SSSR count). The monoisotopic (exact) mass is 311 g/mol. The summed E-state index contributed by atoms with van der Waals surface area (Å²) < 4.78 is 0.612. The summed E-state index contributed by atoms with van der Waals surface area (Å²) in [5, 5.41) is 12.8. The Morgan fingerprint density at radius 1 is 1.33 bits per heavy atom. The Morgan fingerprint density at radius 3 is 2.67 bits per heavy atom. The van der Waals surface area contributed by atoms with E-state index in [1.807, 2.05) is 13.0 Å². The maximum atomic E-state index is 12.1. The number of phenolic OH excluding ortho intramolecular Hbond substituents is 1. The van der Waals surface area contributed by atoms with Gasteiger partial charge in [0.05, 0.1) is 10.2 Å². The quantitative estimate of drug-likeness (QED) is 0.812. The molecule has 0 spiro atoms. The molecule has 1 aromatic rings. The van der Waals surface area contributed by atoms with E-state index in [9.17, 15) is 9.90 Å². The second-order valence-corrected chi connectivity index (χ2v) is 5.82. The summed E-state index contributed by atoms with van der Waals surface area (Å²) in [6.45, 7) is 1.93. The summed E-state index contributed by atoms with van der Waals surface area (Å²) >= 11 is 3.28. The zero-order chi connectivity index (χ0) is 13.1. The van der Waals surface area contributed by atoms with Crippen LogP contribution in [0.25, 0.3) is 0 Å². The number of amides is 1. The molecule has 0 aromatic heterocycles. The predicted molar refractivity (Wildman–Crippen MR) is 75.7 cm³/mol. The van der Waals surface area contributed by atoms with E-state index in [4.69, 9.17) is 0 Å². The van der Waals surface area contributed by atoms with Gasteiger partial charge in [0, 0.05) is 5.92 Å². The van der Waals surface area contributed by atoms with Crippen LogP contribution in [0.2, 0.25) is 0 Å².